The van der Waals surface area contributed by atoms with Crippen LogP contribution < -0.4 is 5.32 Å². The summed E-state index contributed by atoms with van der Waals surface area (Å²) in [4.78, 5) is 12.5. The third-order valence-corrected chi connectivity index (χ3v) is 4.15. The van der Waals surface area contributed by atoms with Gasteiger partial charge in [-0.2, -0.15) is 18.3 Å². The summed E-state index contributed by atoms with van der Waals surface area (Å²) in [6.45, 7) is 5.85. The van der Waals surface area contributed by atoms with Gasteiger partial charge in [0.1, 0.15) is 5.82 Å². The number of halogens is 3. The molecule has 1 aliphatic heterocycles. The summed E-state index contributed by atoms with van der Waals surface area (Å²) < 4.78 is 45.4. The van der Waals surface area contributed by atoms with E-state index >= 15 is 0 Å². The normalized spacial score (nSPS) is 22.4. The maximum atomic E-state index is 12.9. The highest BCUT2D eigenvalue weighted by molar-refractivity contribution is 5.93. The summed E-state index contributed by atoms with van der Waals surface area (Å²) in [5, 5.41) is 6.09. The van der Waals surface area contributed by atoms with Crippen LogP contribution in [-0.4, -0.2) is 28.4 Å². The molecule has 0 bridgehead atoms. The summed E-state index contributed by atoms with van der Waals surface area (Å²) in [5.41, 5.74) is -1.05. The Balaban J connectivity index is 2.22. The molecule has 0 aromatic carbocycles. The average Bonchev–Trinajstić information content (AvgIpc) is 2.75. The number of carbonyl (C=O) groups excluding carboxylic acids is 1. The molecule has 2 rings (SSSR count). The topological polar surface area (TPSA) is 56.2 Å². The zero-order valence-electron chi connectivity index (χ0n) is 13.7. The fourth-order valence-electron chi connectivity index (χ4n) is 3.02. The lowest BCUT2D eigenvalue weighted by Crippen LogP contribution is -2.41. The van der Waals surface area contributed by atoms with Crippen molar-refractivity contribution in [3.8, 4) is 0 Å². The Morgan fingerprint density at radius 2 is 2.09 bits per heavy atom. The van der Waals surface area contributed by atoms with E-state index in [1.54, 1.807) is 0 Å². The molecule has 1 saturated heterocycles. The molecule has 5 nitrogen and oxygen atoms in total. The van der Waals surface area contributed by atoms with Crippen LogP contribution in [-0.2, 0) is 22.8 Å². The van der Waals surface area contributed by atoms with E-state index < -0.39 is 11.9 Å². The average molecular weight is 333 g/mol. The minimum absolute atomic E-state index is 0.0776. The maximum Gasteiger partial charge on any atom is 0.435 e. The van der Waals surface area contributed by atoms with Gasteiger partial charge in [-0.1, -0.05) is 13.8 Å². The Bertz CT molecular complexity index is 581. The quantitative estimate of drug-likeness (QED) is 0.924. The number of aromatic nitrogens is 2. The number of nitrogens with one attached hydrogen (secondary N) is 1. The van der Waals surface area contributed by atoms with Crippen molar-refractivity contribution in [1.29, 1.82) is 0 Å². The van der Waals surface area contributed by atoms with E-state index in [0.717, 1.165) is 11.1 Å². The second kappa shape index (κ2) is 6.51. The van der Waals surface area contributed by atoms with Crippen LogP contribution in [0.2, 0.25) is 0 Å². The van der Waals surface area contributed by atoms with E-state index in [2.05, 4.69) is 10.4 Å². The first-order chi connectivity index (χ1) is 10.6. The van der Waals surface area contributed by atoms with Crippen LogP contribution in [0.1, 0.15) is 37.9 Å². The number of amides is 1. The second-order valence-electron chi connectivity index (χ2n) is 6.26. The molecule has 0 saturated carbocycles. The molecule has 1 aliphatic rings. The fourth-order valence-corrected chi connectivity index (χ4v) is 3.02. The van der Waals surface area contributed by atoms with Gasteiger partial charge in [0.25, 0.3) is 0 Å². The minimum atomic E-state index is -4.54. The predicted octanol–water partition coefficient (Wildman–Crippen LogP) is 3.14. The van der Waals surface area contributed by atoms with Gasteiger partial charge in [0.2, 0.25) is 5.91 Å². The van der Waals surface area contributed by atoms with E-state index in [1.807, 2.05) is 13.8 Å². The van der Waals surface area contributed by atoms with Crippen LogP contribution in [0.4, 0.5) is 19.0 Å². The van der Waals surface area contributed by atoms with Gasteiger partial charge in [-0.15, -0.1) is 0 Å². The van der Waals surface area contributed by atoms with Crippen LogP contribution in [0.15, 0.2) is 0 Å². The Morgan fingerprint density at radius 1 is 1.43 bits per heavy atom. The summed E-state index contributed by atoms with van der Waals surface area (Å²) in [6.07, 6.45) is -3.34. The molecule has 0 spiro atoms. The van der Waals surface area contributed by atoms with Crippen LogP contribution in [0.3, 0.4) is 0 Å². The number of carbonyl (C=O) groups is 1. The van der Waals surface area contributed by atoms with Crippen LogP contribution in [0.5, 0.6) is 0 Å². The molecule has 0 radical (unpaired) electrons. The first kappa shape index (κ1) is 17.8. The number of ether oxygens (including phenoxy) is 1. The highest BCUT2D eigenvalue weighted by Gasteiger charge is 2.39. The van der Waals surface area contributed by atoms with Crippen LogP contribution in [0, 0.1) is 18.8 Å². The van der Waals surface area contributed by atoms with Crippen molar-refractivity contribution in [1.82, 2.24) is 9.78 Å². The van der Waals surface area contributed by atoms with Gasteiger partial charge >= 0.3 is 6.18 Å². The molecule has 1 aromatic rings. The second-order valence-corrected chi connectivity index (χ2v) is 6.26. The first-order valence-electron chi connectivity index (χ1n) is 7.66. The van der Waals surface area contributed by atoms with E-state index in [4.69, 9.17) is 4.74 Å². The van der Waals surface area contributed by atoms with Crippen LogP contribution >= 0.6 is 0 Å². The molecule has 1 amide bonds. The van der Waals surface area contributed by atoms with Crippen molar-refractivity contribution in [3.05, 3.63) is 11.3 Å². The minimum Gasteiger partial charge on any atom is -0.377 e. The number of hydrogen-bond acceptors (Lipinski definition) is 3. The molecule has 1 fully saturated rings. The lowest BCUT2D eigenvalue weighted by atomic mass is 9.87. The summed E-state index contributed by atoms with van der Waals surface area (Å²) in [5.74, 6) is -0.449. The molecule has 1 N–H and O–H groups in total. The Labute approximate surface area is 133 Å². The smallest absolute Gasteiger partial charge is 0.377 e. The van der Waals surface area contributed by atoms with Crippen molar-refractivity contribution >= 4 is 11.7 Å². The summed E-state index contributed by atoms with van der Waals surface area (Å²) in [6, 6.07) is 0. The third kappa shape index (κ3) is 3.68. The van der Waals surface area contributed by atoms with E-state index in [-0.39, 0.29) is 35.2 Å². The molecular weight excluding hydrogens is 311 g/mol. The zero-order chi connectivity index (χ0) is 17.4. The molecule has 8 heteroatoms. The van der Waals surface area contributed by atoms with Gasteiger partial charge in [0.15, 0.2) is 5.69 Å². The summed E-state index contributed by atoms with van der Waals surface area (Å²) in [7, 11) is 1.38. The first-order valence-corrected chi connectivity index (χ1v) is 7.66. The molecular formula is C15H22F3N3O2. The molecule has 0 unspecified atom stereocenters. The fraction of sp³-hybridized carbons (Fsp3) is 0.733. The van der Waals surface area contributed by atoms with Gasteiger partial charge < -0.3 is 10.1 Å². The Kier molecular flexibility index (Phi) is 5.03. The lowest BCUT2D eigenvalue weighted by Gasteiger charge is -2.33. The molecule has 130 valence electrons. The standard InChI is InChI=1S/C15H22F3N3O2/c1-8(2)11-10(6-5-7-23-11)14(22)19-13-9(3)12(15(16,17)18)20-21(13)4/h8,10-11H,5-7H2,1-4H3,(H,19,22)/t10-,11+/m0/s1. The van der Waals surface area contributed by atoms with Gasteiger partial charge in [-0.25, -0.2) is 0 Å². The molecule has 23 heavy (non-hydrogen) atoms. The van der Waals surface area contributed by atoms with Crippen molar-refractivity contribution in [2.45, 2.75) is 45.9 Å². The Morgan fingerprint density at radius 3 is 2.61 bits per heavy atom. The lowest BCUT2D eigenvalue weighted by molar-refractivity contribution is -0.142. The molecule has 1 aromatic heterocycles. The monoisotopic (exact) mass is 333 g/mol. The molecule has 0 aliphatic carbocycles. The maximum absolute atomic E-state index is 12.9. The van der Waals surface area contributed by atoms with E-state index in [9.17, 15) is 18.0 Å². The number of anilines is 1. The SMILES string of the molecule is Cc1c(C(F)(F)F)nn(C)c1NC(=O)[C@H]1CCCO[C@@H]1C(C)C. The van der Waals surface area contributed by atoms with Crippen molar-refractivity contribution in [2.75, 3.05) is 11.9 Å². The van der Waals surface area contributed by atoms with E-state index in [1.165, 1.54) is 14.0 Å². The zero-order valence-corrected chi connectivity index (χ0v) is 13.7. The van der Waals surface area contributed by atoms with Gasteiger partial charge in [-0.05, 0) is 25.7 Å². The number of aryl methyl sites for hydroxylation is 1. The highest BCUT2D eigenvalue weighted by atomic mass is 19.4. The Hall–Kier alpha value is -1.57. The number of nitrogens with zero attached hydrogens (tertiary/aromatic N) is 2. The summed E-state index contributed by atoms with van der Waals surface area (Å²) >= 11 is 0. The van der Waals surface area contributed by atoms with E-state index in [0.29, 0.717) is 13.0 Å². The van der Waals surface area contributed by atoms with Gasteiger partial charge in [-0.3, -0.25) is 9.48 Å². The number of alkyl halides is 3. The van der Waals surface area contributed by atoms with Crippen LogP contribution in [0.25, 0.3) is 0 Å². The highest BCUT2D eigenvalue weighted by Crippen LogP contribution is 2.34. The largest absolute Gasteiger partial charge is 0.435 e. The third-order valence-electron chi connectivity index (χ3n) is 4.15. The predicted molar refractivity (Wildman–Crippen MR) is 78.9 cm³/mol. The molecule has 2 atom stereocenters. The van der Waals surface area contributed by atoms with Crippen molar-refractivity contribution in [3.63, 3.8) is 0 Å². The van der Waals surface area contributed by atoms with Crippen molar-refractivity contribution in [2.24, 2.45) is 18.9 Å². The van der Waals surface area contributed by atoms with Gasteiger partial charge in [0, 0.05) is 19.2 Å². The molecule has 2 heterocycles. The number of rotatable bonds is 3. The number of hydrogen-bond donors (Lipinski definition) is 1. The van der Waals surface area contributed by atoms with Gasteiger partial charge in [0.05, 0.1) is 12.0 Å². The van der Waals surface area contributed by atoms with Crippen molar-refractivity contribution < 1.29 is 22.7 Å².